The number of methoxy groups -OCH3 is 1. The van der Waals surface area contributed by atoms with Crippen LogP contribution in [0.15, 0.2) is 0 Å². The Morgan fingerprint density at radius 1 is 1.58 bits per heavy atom. The Morgan fingerprint density at radius 3 is 2.58 bits per heavy atom. The third kappa shape index (κ3) is 1.27. The molecule has 70 valence electrons. The van der Waals surface area contributed by atoms with Gasteiger partial charge < -0.3 is 14.3 Å². The summed E-state index contributed by atoms with van der Waals surface area (Å²) < 4.78 is 10.5. The lowest BCUT2D eigenvalue weighted by Crippen LogP contribution is -2.44. The van der Waals surface area contributed by atoms with Gasteiger partial charge in [0.1, 0.15) is 6.29 Å². The Bertz CT molecular complexity index is 177. The van der Waals surface area contributed by atoms with Crippen molar-refractivity contribution in [2.45, 2.75) is 25.9 Å². The number of hydrogen-bond donors (Lipinski definition) is 0. The second kappa shape index (κ2) is 3.15. The summed E-state index contributed by atoms with van der Waals surface area (Å²) >= 11 is 0. The summed E-state index contributed by atoms with van der Waals surface area (Å²) in [6.07, 6.45) is 1.74. The highest BCUT2D eigenvalue weighted by Crippen LogP contribution is 2.41. The standard InChI is InChI=1S/C9H16O3/c1-8(2)9(6-10,7-11-3)4-5-12-8/h6H,4-5,7H2,1-3H3. The van der Waals surface area contributed by atoms with E-state index in [0.29, 0.717) is 13.2 Å². The van der Waals surface area contributed by atoms with E-state index in [4.69, 9.17) is 9.47 Å². The zero-order valence-electron chi connectivity index (χ0n) is 7.92. The fourth-order valence-electron chi connectivity index (χ4n) is 1.67. The molecule has 0 radical (unpaired) electrons. The number of hydrogen-bond acceptors (Lipinski definition) is 3. The van der Waals surface area contributed by atoms with Gasteiger partial charge in [-0.25, -0.2) is 0 Å². The molecule has 3 heteroatoms. The van der Waals surface area contributed by atoms with Crippen LogP contribution in [0.2, 0.25) is 0 Å². The molecule has 1 atom stereocenters. The van der Waals surface area contributed by atoms with Crippen LogP contribution in [0.3, 0.4) is 0 Å². The van der Waals surface area contributed by atoms with Crippen molar-refractivity contribution in [3.05, 3.63) is 0 Å². The highest BCUT2D eigenvalue weighted by Gasteiger charge is 2.50. The van der Waals surface area contributed by atoms with E-state index in [2.05, 4.69) is 0 Å². The second-order valence-electron chi connectivity index (χ2n) is 3.82. The number of ether oxygens (including phenoxy) is 2. The molecule has 0 aromatic rings. The molecule has 0 saturated carbocycles. The largest absolute Gasteiger partial charge is 0.384 e. The fourth-order valence-corrected chi connectivity index (χ4v) is 1.67. The molecule has 0 aliphatic carbocycles. The number of carbonyl (C=O) groups is 1. The molecule has 0 amide bonds. The second-order valence-corrected chi connectivity index (χ2v) is 3.82. The van der Waals surface area contributed by atoms with Crippen molar-refractivity contribution in [3.63, 3.8) is 0 Å². The first-order valence-electron chi connectivity index (χ1n) is 4.17. The Hall–Kier alpha value is -0.410. The van der Waals surface area contributed by atoms with Crippen LogP contribution in [0.5, 0.6) is 0 Å². The first-order valence-corrected chi connectivity index (χ1v) is 4.17. The van der Waals surface area contributed by atoms with Crippen molar-refractivity contribution < 1.29 is 14.3 Å². The molecule has 0 aromatic heterocycles. The maximum absolute atomic E-state index is 11.0. The maximum atomic E-state index is 11.0. The van der Waals surface area contributed by atoms with Crippen molar-refractivity contribution in [1.82, 2.24) is 0 Å². The lowest BCUT2D eigenvalue weighted by molar-refractivity contribution is -0.130. The summed E-state index contributed by atoms with van der Waals surface area (Å²) in [5, 5.41) is 0. The van der Waals surface area contributed by atoms with Crippen LogP contribution >= 0.6 is 0 Å². The van der Waals surface area contributed by atoms with Crippen LogP contribution in [-0.4, -0.2) is 32.2 Å². The molecule has 1 aliphatic heterocycles. The third-order valence-corrected chi connectivity index (χ3v) is 2.84. The van der Waals surface area contributed by atoms with Gasteiger partial charge in [0.25, 0.3) is 0 Å². The molecular weight excluding hydrogens is 156 g/mol. The smallest absolute Gasteiger partial charge is 0.131 e. The molecule has 1 fully saturated rings. The van der Waals surface area contributed by atoms with Gasteiger partial charge >= 0.3 is 0 Å². The highest BCUT2D eigenvalue weighted by molar-refractivity contribution is 5.62. The summed E-state index contributed by atoms with van der Waals surface area (Å²) in [5.41, 5.74) is -0.827. The SMILES string of the molecule is COCC1(C=O)CCOC1(C)C. The van der Waals surface area contributed by atoms with Crippen molar-refractivity contribution in [2.75, 3.05) is 20.3 Å². The quantitative estimate of drug-likeness (QED) is 0.596. The van der Waals surface area contributed by atoms with Crippen LogP contribution in [0.1, 0.15) is 20.3 Å². The van der Waals surface area contributed by atoms with Crippen LogP contribution < -0.4 is 0 Å². The fraction of sp³-hybridized carbons (Fsp3) is 0.889. The molecule has 1 unspecified atom stereocenters. The third-order valence-electron chi connectivity index (χ3n) is 2.84. The Morgan fingerprint density at radius 2 is 2.25 bits per heavy atom. The van der Waals surface area contributed by atoms with Crippen LogP contribution in [0, 0.1) is 5.41 Å². The predicted molar refractivity (Wildman–Crippen MR) is 45.0 cm³/mol. The number of aldehydes is 1. The van der Waals surface area contributed by atoms with E-state index in [1.165, 1.54) is 0 Å². The van der Waals surface area contributed by atoms with Gasteiger partial charge in [0.15, 0.2) is 0 Å². The molecular formula is C9H16O3. The van der Waals surface area contributed by atoms with Crippen molar-refractivity contribution in [3.8, 4) is 0 Å². The monoisotopic (exact) mass is 172 g/mol. The van der Waals surface area contributed by atoms with Crippen molar-refractivity contribution in [2.24, 2.45) is 5.41 Å². The predicted octanol–water partition coefficient (Wildman–Crippen LogP) is 1.02. The number of rotatable bonds is 3. The van der Waals surface area contributed by atoms with Crippen molar-refractivity contribution in [1.29, 1.82) is 0 Å². The average molecular weight is 172 g/mol. The lowest BCUT2D eigenvalue weighted by Gasteiger charge is -2.34. The average Bonchev–Trinajstić information content (AvgIpc) is 2.29. The van der Waals surface area contributed by atoms with Gasteiger partial charge in [-0.2, -0.15) is 0 Å². The summed E-state index contributed by atoms with van der Waals surface area (Å²) in [4.78, 5) is 11.0. The first kappa shape index (κ1) is 9.68. The molecule has 3 nitrogen and oxygen atoms in total. The van der Waals surface area contributed by atoms with Gasteiger partial charge in [0, 0.05) is 13.7 Å². The lowest BCUT2D eigenvalue weighted by atomic mass is 9.75. The van der Waals surface area contributed by atoms with E-state index in [1.807, 2.05) is 13.8 Å². The molecule has 0 spiro atoms. The summed E-state index contributed by atoms with van der Waals surface area (Å²) in [5.74, 6) is 0. The Labute approximate surface area is 73.0 Å². The van der Waals surface area contributed by atoms with E-state index in [0.717, 1.165) is 12.7 Å². The summed E-state index contributed by atoms with van der Waals surface area (Å²) in [6.45, 7) is 4.97. The molecule has 0 N–H and O–H groups in total. The van der Waals surface area contributed by atoms with E-state index in [9.17, 15) is 4.79 Å². The summed E-state index contributed by atoms with van der Waals surface area (Å²) in [6, 6.07) is 0. The normalized spacial score (nSPS) is 33.6. The maximum Gasteiger partial charge on any atom is 0.131 e. The Kier molecular flexibility index (Phi) is 2.54. The highest BCUT2D eigenvalue weighted by atomic mass is 16.5. The minimum Gasteiger partial charge on any atom is -0.384 e. The van der Waals surface area contributed by atoms with Gasteiger partial charge in [0.2, 0.25) is 0 Å². The Balaban J connectivity index is 2.83. The van der Waals surface area contributed by atoms with E-state index >= 15 is 0 Å². The minimum atomic E-state index is -0.443. The molecule has 1 heterocycles. The molecule has 1 aliphatic rings. The van der Waals surface area contributed by atoms with Crippen LogP contribution in [0.4, 0.5) is 0 Å². The number of carbonyl (C=O) groups excluding carboxylic acids is 1. The van der Waals surface area contributed by atoms with Gasteiger partial charge in [-0.05, 0) is 20.3 Å². The molecule has 1 saturated heterocycles. The van der Waals surface area contributed by atoms with Gasteiger partial charge in [0.05, 0.1) is 17.6 Å². The van der Waals surface area contributed by atoms with Crippen molar-refractivity contribution >= 4 is 6.29 Å². The topological polar surface area (TPSA) is 35.5 Å². The van der Waals surface area contributed by atoms with Gasteiger partial charge in [-0.15, -0.1) is 0 Å². The minimum absolute atomic E-state index is 0.384. The van der Waals surface area contributed by atoms with Crippen LogP contribution in [-0.2, 0) is 14.3 Å². The molecule has 1 rings (SSSR count). The molecule has 0 aromatic carbocycles. The molecule has 0 bridgehead atoms. The molecule has 12 heavy (non-hydrogen) atoms. The van der Waals surface area contributed by atoms with Gasteiger partial charge in [-0.3, -0.25) is 0 Å². The van der Waals surface area contributed by atoms with E-state index in [-0.39, 0.29) is 5.60 Å². The zero-order chi connectivity index (χ0) is 9.24. The summed E-state index contributed by atoms with van der Waals surface area (Å²) in [7, 11) is 1.61. The van der Waals surface area contributed by atoms with Crippen LogP contribution in [0.25, 0.3) is 0 Å². The van der Waals surface area contributed by atoms with Gasteiger partial charge in [-0.1, -0.05) is 0 Å². The van der Waals surface area contributed by atoms with E-state index < -0.39 is 5.41 Å². The first-order chi connectivity index (χ1) is 5.58. The van der Waals surface area contributed by atoms with E-state index in [1.54, 1.807) is 7.11 Å². The zero-order valence-corrected chi connectivity index (χ0v) is 7.92.